The fraction of sp³-hybridized carbons (Fsp3) is 1.00. The summed E-state index contributed by atoms with van der Waals surface area (Å²) in [4.78, 5) is 0. The average Bonchev–Trinajstić information content (AvgIpc) is 2.66. The van der Waals surface area contributed by atoms with Crippen LogP contribution in [0.5, 0.6) is 0 Å². The molecular formula is C12H26N2O. The fourth-order valence-electron chi connectivity index (χ4n) is 1.95. The van der Waals surface area contributed by atoms with E-state index in [-0.39, 0.29) is 0 Å². The van der Waals surface area contributed by atoms with Gasteiger partial charge >= 0.3 is 0 Å². The van der Waals surface area contributed by atoms with Crippen LogP contribution >= 0.6 is 0 Å². The zero-order chi connectivity index (χ0) is 11.1. The van der Waals surface area contributed by atoms with Crippen molar-refractivity contribution in [1.29, 1.82) is 0 Å². The normalized spacial score (nSPS) is 28.2. The molecule has 0 aromatic carbocycles. The lowest BCUT2D eigenvalue weighted by atomic mass is 10.0. The van der Waals surface area contributed by atoms with Gasteiger partial charge in [0.1, 0.15) is 0 Å². The highest BCUT2D eigenvalue weighted by Crippen LogP contribution is 2.12. The molecule has 1 aliphatic heterocycles. The average molecular weight is 214 g/mol. The number of hydrogen-bond donors (Lipinski definition) is 2. The topological polar surface area (TPSA) is 33.3 Å². The maximum atomic E-state index is 5.50. The van der Waals surface area contributed by atoms with Crippen molar-refractivity contribution < 1.29 is 4.74 Å². The summed E-state index contributed by atoms with van der Waals surface area (Å²) in [5.41, 5.74) is 0. The summed E-state index contributed by atoms with van der Waals surface area (Å²) < 4.78 is 5.50. The molecule has 0 radical (unpaired) electrons. The van der Waals surface area contributed by atoms with Gasteiger partial charge in [-0.3, -0.25) is 0 Å². The molecule has 1 fully saturated rings. The first kappa shape index (κ1) is 12.9. The number of hydrogen-bond acceptors (Lipinski definition) is 3. The van der Waals surface area contributed by atoms with Crippen molar-refractivity contribution in [3.8, 4) is 0 Å². The quantitative estimate of drug-likeness (QED) is 0.669. The lowest BCUT2D eigenvalue weighted by molar-refractivity contribution is 0.182. The Morgan fingerprint density at radius 1 is 1.33 bits per heavy atom. The van der Waals surface area contributed by atoms with Crippen LogP contribution in [0.25, 0.3) is 0 Å². The lowest BCUT2D eigenvalue weighted by Crippen LogP contribution is -2.40. The third kappa shape index (κ3) is 4.49. The molecule has 90 valence electrons. The third-order valence-corrected chi connectivity index (χ3v) is 3.26. The Morgan fingerprint density at radius 3 is 2.80 bits per heavy atom. The third-order valence-electron chi connectivity index (χ3n) is 3.26. The van der Waals surface area contributed by atoms with E-state index >= 15 is 0 Å². The fourth-order valence-corrected chi connectivity index (χ4v) is 1.95. The molecule has 3 heteroatoms. The first-order valence-electron chi connectivity index (χ1n) is 6.29. The summed E-state index contributed by atoms with van der Waals surface area (Å²) in [6, 6.07) is 0.555. The van der Waals surface area contributed by atoms with Crippen LogP contribution in [0.3, 0.4) is 0 Å². The first-order chi connectivity index (χ1) is 7.27. The molecule has 1 heterocycles. The summed E-state index contributed by atoms with van der Waals surface area (Å²) in [5, 5.41) is 7.03. The van der Waals surface area contributed by atoms with E-state index in [2.05, 4.69) is 31.4 Å². The Bertz CT molecular complexity index is 164. The molecular weight excluding hydrogens is 188 g/mol. The maximum Gasteiger partial charge on any atom is 0.0623 e. The summed E-state index contributed by atoms with van der Waals surface area (Å²) >= 11 is 0. The Morgan fingerprint density at radius 2 is 2.13 bits per heavy atom. The number of ether oxygens (including phenoxy) is 1. The van der Waals surface area contributed by atoms with Crippen LogP contribution in [0, 0.1) is 11.8 Å². The van der Waals surface area contributed by atoms with Gasteiger partial charge in [0.25, 0.3) is 0 Å². The lowest BCUT2D eigenvalue weighted by Gasteiger charge is -2.19. The second-order valence-corrected chi connectivity index (χ2v) is 4.63. The van der Waals surface area contributed by atoms with Crippen molar-refractivity contribution in [3.63, 3.8) is 0 Å². The van der Waals surface area contributed by atoms with Gasteiger partial charge in [-0.25, -0.2) is 0 Å². The van der Waals surface area contributed by atoms with Crippen LogP contribution in [0.15, 0.2) is 0 Å². The van der Waals surface area contributed by atoms with Crippen LogP contribution in [0.4, 0.5) is 0 Å². The molecule has 0 spiro atoms. The molecule has 0 bridgehead atoms. The van der Waals surface area contributed by atoms with E-state index in [1.165, 1.54) is 6.42 Å². The predicted octanol–water partition coefficient (Wildman–Crippen LogP) is 1.25. The van der Waals surface area contributed by atoms with Crippen molar-refractivity contribution in [3.05, 3.63) is 0 Å². The van der Waals surface area contributed by atoms with Gasteiger partial charge in [-0.05, 0) is 19.0 Å². The van der Waals surface area contributed by atoms with E-state index in [1.54, 1.807) is 0 Å². The first-order valence-corrected chi connectivity index (χ1v) is 6.29. The van der Waals surface area contributed by atoms with Crippen LogP contribution in [-0.4, -0.2) is 38.9 Å². The smallest absolute Gasteiger partial charge is 0.0623 e. The predicted molar refractivity (Wildman–Crippen MR) is 64.1 cm³/mol. The number of likely N-dealkylation sites (N-methyl/N-ethyl adjacent to an activating group) is 1. The van der Waals surface area contributed by atoms with E-state index in [0.717, 1.165) is 38.8 Å². The molecule has 1 aliphatic rings. The van der Waals surface area contributed by atoms with Crippen molar-refractivity contribution in [1.82, 2.24) is 10.6 Å². The molecule has 0 saturated carbocycles. The summed E-state index contributed by atoms with van der Waals surface area (Å²) in [7, 11) is 0. The minimum Gasteiger partial charge on any atom is -0.379 e. The second kappa shape index (κ2) is 7.20. The molecule has 0 aromatic rings. The summed E-state index contributed by atoms with van der Waals surface area (Å²) in [6.07, 6.45) is 1.25. The van der Waals surface area contributed by atoms with E-state index in [0.29, 0.717) is 12.0 Å². The van der Waals surface area contributed by atoms with Gasteiger partial charge < -0.3 is 15.4 Å². The maximum absolute atomic E-state index is 5.50. The zero-order valence-corrected chi connectivity index (χ0v) is 10.4. The van der Waals surface area contributed by atoms with Crippen LogP contribution in [-0.2, 0) is 4.74 Å². The van der Waals surface area contributed by atoms with E-state index in [9.17, 15) is 0 Å². The van der Waals surface area contributed by atoms with E-state index in [1.807, 2.05) is 0 Å². The Balaban J connectivity index is 2.14. The zero-order valence-electron chi connectivity index (χ0n) is 10.4. The second-order valence-electron chi connectivity index (χ2n) is 4.63. The molecule has 2 N–H and O–H groups in total. The van der Waals surface area contributed by atoms with Gasteiger partial charge in [0.05, 0.1) is 13.2 Å². The Hall–Kier alpha value is -0.120. The largest absolute Gasteiger partial charge is 0.379 e. The molecule has 15 heavy (non-hydrogen) atoms. The summed E-state index contributed by atoms with van der Waals surface area (Å²) in [6.45, 7) is 11.7. The molecule has 0 aromatic heterocycles. The van der Waals surface area contributed by atoms with Gasteiger partial charge in [0.2, 0.25) is 0 Å². The van der Waals surface area contributed by atoms with Crippen molar-refractivity contribution in [2.75, 3.05) is 32.8 Å². The SMILES string of the molecule is CCNC1COCC1CNCC(C)CC. The highest BCUT2D eigenvalue weighted by atomic mass is 16.5. The minimum absolute atomic E-state index is 0.555. The van der Waals surface area contributed by atoms with Gasteiger partial charge in [-0.1, -0.05) is 27.2 Å². The van der Waals surface area contributed by atoms with Gasteiger partial charge in [0, 0.05) is 18.5 Å². The van der Waals surface area contributed by atoms with Gasteiger partial charge in [0.15, 0.2) is 0 Å². The molecule has 0 aliphatic carbocycles. The summed E-state index contributed by atoms with van der Waals surface area (Å²) in [5.74, 6) is 1.43. The minimum atomic E-state index is 0.555. The Kier molecular flexibility index (Phi) is 6.22. The van der Waals surface area contributed by atoms with Gasteiger partial charge in [-0.15, -0.1) is 0 Å². The van der Waals surface area contributed by atoms with E-state index in [4.69, 9.17) is 4.74 Å². The number of rotatable bonds is 7. The highest BCUT2D eigenvalue weighted by molar-refractivity contribution is 4.82. The standard InChI is InChI=1S/C12H26N2O/c1-4-10(3)6-13-7-11-8-15-9-12(11)14-5-2/h10-14H,4-9H2,1-3H3. The molecule has 1 rings (SSSR count). The molecule has 3 unspecified atom stereocenters. The van der Waals surface area contributed by atoms with Crippen molar-refractivity contribution in [2.45, 2.75) is 33.2 Å². The highest BCUT2D eigenvalue weighted by Gasteiger charge is 2.26. The van der Waals surface area contributed by atoms with Crippen LogP contribution in [0.2, 0.25) is 0 Å². The monoisotopic (exact) mass is 214 g/mol. The van der Waals surface area contributed by atoms with Gasteiger partial charge in [-0.2, -0.15) is 0 Å². The molecule has 3 atom stereocenters. The molecule has 0 amide bonds. The van der Waals surface area contributed by atoms with Crippen LogP contribution in [0.1, 0.15) is 27.2 Å². The van der Waals surface area contributed by atoms with E-state index < -0.39 is 0 Å². The van der Waals surface area contributed by atoms with Crippen molar-refractivity contribution >= 4 is 0 Å². The molecule has 3 nitrogen and oxygen atoms in total. The van der Waals surface area contributed by atoms with Crippen molar-refractivity contribution in [2.24, 2.45) is 11.8 Å². The van der Waals surface area contributed by atoms with Crippen LogP contribution < -0.4 is 10.6 Å². The molecule has 1 saturated heterocycles. The number of nitrogens with one attached hydrogen (secondary N) is 2. The Labute approximate surface area is 94.0 Å².